The van der Waals surface area contributed by atoms with Crippen LogP contribution < -0.4 is 0 Å². The molecule has 13 rings (SSSR count). The molecule has 0 bridgehead atoms. The first-order valence-electron chi connectivity index (χ1n) is 21.4. The minimum absolute atomic E-state index is 1.15. The molecule has 2 nitrogen and oxygen atoms in total. The first-order valence-corrected chi connectivity index (χ1v) is 21.4. The van der Waals surface area contributed by atoms with Crippen molar-refractivity contribution in [1.29, 1.82) is 0 Å². The number of hydrogen-bond donors (Lipinski definition) is 0. The van der Waals surface area contributed by atoms with Gasteiger partial charge in [0, 0.05) is 38.1 Å². The summed E-state index contributed by atoms with van der Waals surface area (Å²) < 4.78 is 4.88. The molecular formula is C60H38N2. The molecule has 10 aromatic carbocycles. The molecule has 1 aliphatic rings. The molecule has 2 heteroatoms. The summed E-state index contributed by atoms with van der Waals surface area (Å²) >= 11 is 0. The Morgan fingerprint density at radius 2 is 0.661 bits per heavy atom. The van der Waals surface area contributed by atoms with Crippen LogP contribution in [0.3, 0.4) is 0 Å². The van der Waals surface area contributed by atoms with Crippen LogP contribution in [0.5, 0.6) is 0 Å². The van der Waals surface area contributed by atoms with Gasteiger partial charge >= 0.3 is 0 Å². The van der Waals surface area contributed by atoms with Gasteiger partial charge in [-0.1, -0.05) is 170 Å². The number of rotatable bonds is 4. The average molecular weight is 787 g/mol. The second-order valence-corrected chi connectivity index (χ2v) is 16.4. The number of benzene rings is 10. The predicted octanol–water partition coefficient (Wildman–Crippen LogP) is 14.7. The fourth-order valence-electron chi connectivity index (χ4n) is 10.4. The quantitative estimate of drug-likeness (QED) is 0.168. The molecule has 0 atom stereocenters. The fraction of sp³-hybridized carbons (Fsp3) is 0. The largest absolute Gasteiger partial charge is 0.309 e. The topological polar surface area (TPSA) is 9.86 Å². The Hall–Kier alpha value is -8.20. The monoisotopic (exact) mass is 786 g/mol. The number of hydrogen-bond acceptors (Lipinski definition) is 0. The van der Waals surface area contributed by atoms with Crippen molar-refractivity contribution in [3.05, 3.63) is 272 Å². The molecule has 1 aliphatic carbocycles. The lowest BCUT2D eigenvalue weighted by atomic mass is 9.96. The lowest BCUT2D eigenvalue weighted by Crippen LogP contribution is -1.96. The van der Waals surface area contributed by atoms with Crippen molar-refractivity contribution < 1.29 is 0 Å². The molecule has 0 N–H and O–H groups in total. The third-order valence-corrected chi connectivity index (χ3v) is 13.1. The molecule has 0 saturated carbocycles. The summed E-state index contributed by atoms with van der Waals surface area (Å²) in [5.41, 5.74) is 11.9. The number of fused-ring (bicyclic) bond motifs is 11. The maximum atomic E-state index is 2.50. The van der Waals surface area contributed by atoms with Crippen molar-refractivity contribution in [2.75, 3.05) is 0 Å². The Bertz CT molecular complexity index is 4200. The van der Waals surface area contributed by atoms with Crippen molar-refractivity contribution in [2.45, 2.75) is 0 Å². The van der Waals surface area contributed by atoms with Gasteiger partial charge in [0.25, 0.3) is 0 Å². The second-order valence-electron chi connectivity index (χ2n) is 16.4. The van der Waals surface area contributed by atoms with E-state index in [4.69, 9.17) is 0 Å². The maximum Gasteiger partial charge on any atom is 0.0625 e. The maximum absolute atomic E-state index is 2.50. The minimum atomic E-state index is 1.15. The summed E-state index contributed by atoms with van der Waals surface area (Å²) in [5, 5.41) is 15.0. The first-order chi connectivity index (χ1) is 30.8. The van der Waals surface area contributed by atoms with E-state index in [1.54, 1.807) is 0 Å². The Morgan fingerprint density at radius 1 is 0.226 bits per heavy atom. The molecule has 0 amide bonds. The standard InChI is InChI=1S/C60H38N2/c1-3-18-43(19-4-1)61-56-29-14-13-27-50(56)54-37-41(30-34-57(54)61)39-16-15-17-40(36-39)42-31-35-58-55(38-42)53-33-32-52-49-26-10-9-24-47(49)45-22-7-8-23-46(45)48-25-11-12-28-51(48)59(52)60(53)62(58)44-20-5-2-6-21-44/h1-38H. The van der Waals surface area contributed by atoms with E-state index in [0.29, 0.717) is 0 Å². The number of aromatic nitrogens is 2. The van der Waals surface area contributed by atoms with E-state index in [9.17, 15) is 0 Å². The van der Waals surface area contributed by atoms with Crippen LogP contribution in [0.2, 0.25) is 0 Å². The van der Waals surface area contributed by atoms with Crippen LogP contribution in [0.25, 0.3) is 77.2 Å². The van der Waals surface area contributed by atoms with Gasteiger partial charge < -0.3 is 9.13 Å². The third-order valence-electron chi connectivity index (χ3n) is 13.1. The van der Waals surface area contributed by atoms with E-state index in [1.807, 2.05) is 0 Å². The zero-order valence-corrected chi connectivity index (χ0v) is 33.8. The van der Waals surface area contributed by atoms with Gasteiger partial charge in [0.1, 0.15) is 0 Å². The highest BCUT2D eigenvalue weighted by Gasteiger charge is 2.18. The van der Waals surface area contributed by atoms with Crippen molar-refractivity contribution in [1.82, 2.24) is 9.13 Å². The highest BCUT2D eigenvalue weighted by molar-refractivity contribution is 6.12. The van der Waals surface area contributed by atoms with Crippen LogP contribution in [0.15, 0.2) is 231 Å². The zero-order valence-electron chi connectivity index (χ0n) is 33.8. The third kappa shape index (κ3) is 5.17. The predicted molar refractivity (Wildman–Crippen MR) is 256 cm³/mol. The molecule has 0 fully saturated rings. The van der Waals surface area contributed by atoms with Crippen molar-refractivity contribution >= 4 is 43.6 Å². The van der Waals surface area contributed by atoms with Gasteiger partial charge in [-0.3, -0.25) is 0 Å². The highest BCUT2D eigenvalue weighted by Crippen LogP contribution is 2.39. The van der Waals surface area contributed by atoms with Crippen LogP contribution in [-0.4, -0.2) is 9.13 Å². The molecule has 0 spiro atoms. The molecule has 0 radical (unpaired) electrons. The lowest BCUT2D eigenvalue weighted by Gasteiger charge is -2.10. The van der Waals surface area contributed by atoms with Crippen molar-refractivity contribution in [2.24, 2.45) is 0 Å². The normalized spacial score (nSPS) is 11.9. The van der Waals surface area contributed by atoms with E-state index < -0.39 is 0 Å². The van der Waals surface area contributed by atoms with Crippen molar-refractivity contribution in [3.63, 3.8) is 0 Å². The van der Waals surface area contributed by atoms with E-state index >= 15 is 0 Å². The summed E-state index contributed by atoms with van der Waals surface area (Å²) in [7, 11) is 0. The summed E-state index contributed by atoms with van der Waals surface area (Å²) in [6, 6.07) is 84.9. The van der Waals surface area contributed by atoms with E-state index in [2.05, 4.69) is 240 Å². The van der Waals surface area contributed by atoms with E-state index in [-0.39, 0.29) is 0 Å². The highest BCUT2D eigenvalue weighted by atomic mass is 15.0. The van der Waals surface area contributed by atoms with Crippen LogP contribution in [0, 0.1) is 41.7 Å². The van der Waals surface area contributed by atoms with Crippen LogP contribution >= 0.6 is 0 Å². The molecule has 0 aliphatic heterocycles. The lowest BCUT2D eigenvalue weighted by molar-refractivity contribution is 1.16. The molecule has 288 valence electrons. The SMILES string of the molecule is c1ccc(-n2c3ccccc3c3cc(-c4cccc(-c5ccc6c(c5)c5ccc7c(c5n6-c5ccccc5)=c5ccccc5=c5ccccc5=c5ccccc5=7)c4)ccc32)cc1. The summed E-state index contributed by atoms with van der Waals surface area (Å²) in [4.78, 5) is 0. The molecule has 0 unspecified atom stereocenters. The first kappa shape index (κ1) is 34.6. The van der Waals surface area contributed by atoms with Gasteiger partial charge in [0.05, 0.1) is 22.1 Å². The molecule has 0 saturated heterocycles. The summed E-state index contributed by atoms with van der Waals surface area (Å²) in [5.74, 6) is 0. The summed E-state index contributed by atoms with van der Waals surface area (Å²) in [6.07, 6.45) is 0. The van der Waals surface area contributed by atoms with Gasteiger partial charge in [-0.15, -0.1) is 0 Å². The zero-order chi connectivity index (χ0) is 40.7. The fourth-order valence-corrected chi connectivity index (χ4v) is 10.4. The van der Waals surface area contributed by atoms with Gasteiger partial charge in [-0.2, -0.15) is 0 Å². The Kier molecular flexibility index (Phi) is 7.64. The van der Waals surface area contributed by atoms with E-state index in [0.717, 1.165) is 5.69 Å². The van der Waals surface area contributed by atoms with E-state index in [1.165, 1.54) is 113 Å². The van der Waals surface area contributed by atoms with Gasteiger partial charge in [-0.05, 0) is 119 Å². The minimum Gasteiger partial charge on any atom is -0.309 e. The van der Waals surface area contributed by atoms with Gasteiger partial charge in [0.2, 0.25) is 0 Å². The molecule has 2 aromatic heterocycles. The number of nitrogens with zero attached hydrogens (tertiary/aromatic N) is 2. The van der Waals surface area contributed by atoms with Crippen LogP contribution in [0.1, 0.15) is 0 Å². The summed E-state index contributed by atoms with van der Waals surface area (Å²) in [6.45, 7) is 0. The van der Waals surface area contributed by atoms with Crippen LogP contribution in [0.4, 0.5) is 0 Å². The Labute approximate surface area is 357 Å². The average Bonchev–Trinajstić information content (AvgIpc) is 3.86. The Morgan fingerprint density at radius 3 is 1.27 bits per heavy atom. The van der Waals surface area contributed by atoms with Gasteiger partial charge in [0.15, 0.2) is 0 Å². The van der Waals surface area contributed by atoms with Crippen LogP contribution in [-0.2, 0) is 0 Å². The van der Waals surface area contributed by atoms with Gasteiger partial charge in [-0.25, -0.2) is 0 Å². The molecule has 62 heavy (non-hydrogen) atoms. The molecule has 2 heterocycles. The Balaban J connectivity index is 1.08. The molecule has 12 aromatic rings. The second kappa shape index (κ2) is 13.7. The number of para-hydroxylation sites is 3. The van der Waals surface area contributed by atoms with Crippen molar-refractivity contribution in [3.8, 4) is 33.6 Å². The molecular weight excluding hydrogens is 749 g/mol. The smallest absolute Gasteiger partial charge is 0.0625 e.